The van der Waals surface area contributed by atoms with Crippen LogP contribution in [0.5, 0.6) is 0 Å². The fourth-order valence-corrected chi connectivity index (χ4v) is 6.10. The molecular formula is C31H24Cl4N2O4S. The standard InChI is InChI=1S/C31H24Cl4N2O4S/c1-16(2)17-8-10-19(11-9-17)37-30(39)28(18-6-4-3-5-7-18)42-21-14-12-20(13-15-21)36-29(38)22-23(31(40)41)25(33)27(35)26(34)24(22)32/h3-16,28H,1-2H3,(H,36,38)(H,37,39)(H,40,41). The lowest BCUT2D eigenvalue weighted by Crippen LogP contribution is -2.19. The van der Waals surface area contributed by atoms with Gasteiger partial charge in [-0.1, -0.05) is 103 Å². The summed E-state index contributed by atoms with van der Waals surface area (Å²) in [4.78, 5) is 39.1. The fraction of sp³-hybridized carbons (Fsp3) is 0.129. The molecule has 0 bridgehead atoms. The van der Waals surface area contributed by atoms with Crippen molar-refractivity contribution >= 4 is 87.3 Å². The summed E-state index contributed by atoms with van der Waals surface area (Å²) >= 11 is 25.6. The second kappa shape index (κ2) is 13.8. The predicted octanol–water partition coefficient (Wildman–Crippen LogP) is 9.85. The molecule has 4 aromatic carbocycles. The van der Waals surface area contributed by atoms with Gasteiger partial charge in [0, 0.05) is 16.3 Å². The van der Waals surface area contributed by atoms with Gasteiger partial charge in [0.05, 0.1) is 31.2 Å². The highest BCUT2D eigenvalue weighted by atomic mass is 35.5. The quantitative estimate of drug-likeness (QED) is 0.0943. The molecule has 216 valence electrons. The van der Waals surface area contributed by atoms with Gasteiger partial charge >= 0.3 is 5.97 Å². The van der Waals surface area contributed by atoms with Gasteiger partial charge in [0.1, 0.15) is 5.25 Å². The van der Waals surface area contributed by atoms with E-state index in [1.807, 2.05) is 54.6 Å². The number of aromatic carboxylic acids is 1. The first-order chi connectivity index (χ1) is 20.0. The minimum absolute atomic E-state index is 0.187. The van der Waals surface area contributed by atoms with Gasteiger partial charge in [0.2, 0.25) is 5.91 Å². The number of hydrogen-bond acceptors (Lipinski definition) is 4. The first-order valence-corrected chi connectivity index (χ1v) is 15.0. The van der Waals surface area contributed by atoms with Gasteiger partial charge in [0.25, 0.3) is 5.91 Å². The molecule has 2 amide bonds. The van der Waals surface area contributed by atoms with Crippen LogP contribution in [0.1, 0.15) is 56.9 Å². The predicted molar refractivity (Wildman–Crippen MR) is 172 cm³/mol. The minimum atomic E-state index is -1.49. The number of hydrogen-bond donors (Lipinski definition) is 3. The largest absolute Gasteiger partial charge is 0.478 e. The maximum absolute atomic E-state index is 13.4. The van der Waals surface area contributed by atoms with Crippen LogP contribution in [-0.2, 0) is 4.79 Å². The number of carbonyl (C=O) groups is 3. The highest BCUT2D eigenvalue weighted by Crippen LogP contribution is 2.42. The van der Waals surface area contributed by atoms with E-state index in [0.29, 0.717) is 17.3 Å². The zero-order valence-electron chi connectivity index (χ0n) is 22.3. The first kappa shape index (κ1) is 31.7. The van der Waals surface area contributed by atoms with E-state index in [1.54, 1.807) is 24.3 Å². The van der Waals surface area contributed by atoms with Crippen molar-refractivity contribution in [3.05, 3.63) is 121 Å². The number of amides is 2. The number of anilines is 2. The van der Waals surface area contributed by atoms with E-state index < -0.39 is 33.3 Å². The second-order valence-electron chi connectivity index (χ2n) is 9.46. The summed E-state index contributed by atoms with van der Waals surface area (Å²) in [6, 6.07) is 23.9. The summed E-state index contributed by atoms with van der Waals surface area (Å²) in [6.45, 7) is 4.22. The van der Waals surface area contributed by atoms with Crippen LogP contribution in [0.25, 0.3) is 0 Å². The lowest BCUT2D eigenvalue weighted by atomic mass is 10.0. The number of benzene rings is 4. The summed E-state index contributed by atoms with van der Waals surface area (Å²) < 4.78 is 0. The van der Waals surface area contributed by atoms with Crippen molar-refractivity contribution in [3.63, 3.8) is 0 Å². The zero-order valence-corrected chi connectivity index (χ0v) is 26.1. The third-order valence-corrected chi connectivity index (χ3v) is 9.33. The number of carboxylic acids is 1. The van der Waals surface area contributed by atoms with Crippen LogP contribution in [0.4, 0.5) is 11.4 Å². The summed E-state index contributed by atoms with van der Waals surface area (Å²) in [5.41, 5.74) is 2.08. The first-order valence-electron chi connectivity index (χ1n) is 12.6. The lowest BCUT2D eigenvalue weighted by molar-refractivity contribution is -0.115. The maximum Gasteiger partial charge on any atom is 0.338 e. The van der Waals surface area contributed by atoms with Crippen molar-refractivity contribution in [1.82, 2.24) is 0 Å². The van der Waals surface area contributed by atoms with Crippen LogP contribution in [-0.4, -0.2) is 22.9 Å². The molecule has 4 aromatic rings. The Morgan fingerprint density at radius 2 is 1.19 bits per heavy atom. The fourth-order valence-electron chi connectivity index (χ4n) is 4.05. The topological polar surface area (TPSA) is 95.5 Å². The Bertz CT molecular complexity index is 1630. The lowest BCUT2D eigenvalue weighted by Gasteiger charge is -2.18. The molecule has 0 radical (unpaired) electrons. The Hall–Kier alpha value is -3.20. The van der Waals surface area contributed by atoms with E-state index in [-0.39, 0.29) is 21.0 Å². The summed E-state index contributed by atoms with van der Waals surface area (Å²) in [6.07, 6.45) is 0. The van der Waals surface area contributed by atoms with Gasteiger partial charge in [-0.25, -0.2) is 4.79 Å². The average Bonchev–Trinajstić information content (AvgIpc) is 2.97. The van der Waals surface area contributed by atoms with Crippen LogP contribution < -0.4 is 10.6 Å². The van der Waals surface area contributed by atoms with E-state index in [9.17, 15) is 19.5 Å². The third kappa shape index (κ3) is 7.22. The monoisotopic (exact) mass is 660 g/mol. The molecule has 4 rings (SSSR count). The minimum Gasteiger partial charge on any atom is -0.478 e. The van der Waals surface area contributed by atoms with Crippen LogP contribution in [0.3, 0.4) is 0 Å². The van der Waals surface area contributed by atoms with Crippen molar-refractivity contribution in [3.8, 4) is 0 Å². The van der Waals surface area contributed by atoms with E-state index in [0.717, 1.165) is 10.5 Å². The maximum atomic E-state index is 13.4. The second-order valence-corrected chi connectivity index (χ2v) is 12.2. The number of halogens is 4. The molecular weight excluding hydrogens is 638 g/mol. The molecule has 42 heavy (non-hydrogen) atoms. The average molecular weight is 662 g/mol. The molecule has 0 saturated heterocycles. The number of nitrogens with one attached hydrogen (secondary N) is 2. The van der Waals surface area contributed by atoms with Crippen LogP contribution in [0, 0.1) is 0 Å². The van der Waals surface area contributed by atoms with Crippen LogP contribution in [0.2, 0.25) is 20.1 Å². The third-order valence-electron chi connectivity index (χ3n) is 6.26. The Kier molecular flexibility index (Phi) is 10.5. The molecule has 0 fully saturated rings. The highest BCUT2D eigenvalue weighted by Gasteiger charge is 2.29. The number of carboxylic acid groups (broad SMARTS) is 1. The smallest absolute Gasteiger partial charge is 0.338 e. The number of rotatable bonds is 9. The van der Waals surface area contributed by atoms with E-state index in [2.05, 4.69) is 24.5 Å². The molecule has 11 heteroatoms. The van der Waals surface area contributed by atoms with E-state index in [4.69, 9.17) is 46.4 Å². The Morgan fingerprint density at radius 3 is 1.74 bits per heavy atom. The molecule has 0 aliphatic carbocycles. The van der Waals surface area contributed by atoms with E-state index in [1.165, 1.54) is 17.3 Å². The van der Waals surface area contributed by atoms with Gasteiger partial charge in [0.15, 0.2) is 0 Å². The molecule has 0 aromatic heterocycles. The number of thioether (sulfide) groups is 1. The SMILES string of the molecule is CC(C)c1ccc(NC(=O)C(Sc2ccc(NC(=O)c3c(Cl)c(Cl)c(Cl)c(Cl)c3C(=O)O)cc2)c2ccccc2)cc1. The molecule has 0 spiro atoms. The van der Waals surface area contributed by atoms with Crippen molar-refractivity contribution in [2.45, 2.75) is 29.9 Å². The molecule has 0 aliphatic rings. The van der Waals surface area contributed by atoms with Gasteiger partial charge in [-0.2, -0.15) is 0 Å². The van der Waals surface area contributed by atoms with Crippen molar-refractivity contribution < 1.29 is 19.5 Å². The Labute approximate surface area is 267 Å². The van der Waals surface area contributed by atoms with Gasteiger partial charge in [-0.05, 0) is 53.4 Å². The molecule has 6 nitrogen and oxygen atoms in total. The van der Waals surface area contributed by atoms with Gasteiger partial charge in [-0.15, -0.1) is 11.8 Å². The molecule has 0 heterocycles. The van der Waals surface area contributed by atoms with Crippen molar-refractivity contribution in [2.24, 2.45) is 0 Å². The van der Waals surface area contributed by atoms with Crippen molar-refractivity contribution in [1.29, 1.82) is 0 Å². The molecule has 1 unspecified atom stereocenters. The zero-order chi connectivity index (χ0) is 30.6. The Balaban J connectivity index is 1.54. The molecule has 0 saturated carbocycles. The van der Waals surface area contributed by atoms with E-state index >= 15 is 0 Å². The summed E-state index contributed by atoms with van der Waals surface area (Å²) in [7, 11) is 0. The molecule has 1 atom stereocenters. The Morgan fingerprint density at radius 1 is 0.667 bits per heavy atom. The van der Waals surface area contributed by atoms with Crippen molar-refractivity contribution in [2.75, 3.05) is 10.6 Å². The van der Waals surface area contributed by atoms with Crippen LogP contribution in [0.15, 0.2) is 83.8 Å². The van der Waals surface area contributed by atoms with Gasteiger partial charge < -0.3 is 15.7 Å². The molecule has 3 N–H and O–H groups in total. The van der Waals surface area contributed by atoms with Crippen LogP contribution >= 0.6 is 58.2 Å². The summed E-state index contributed by atoms with van der Waals surface area (Å²) in [5.74, 6) is -2.12. The number of carbonyl (C=O) groups excluding carboxylic acids is 2. The highest BCUT2D eigenvalue weighted by molar-refractivity contribution is 8.00. The van der Waals surface area contributed by atoms with Gasteiger partial charge in [-0.3, -0.25) is 9.59 Å². The summed E-state index contributed by atoms with van der Waals surface area (Å²) in [5, 5.41) is 13.5. The molecule has 0 aliphatic heterocycles. The normalized spacial score (nSPS) is 11.7.